The number of benzene rings is 3. The molecule has 1 heterocycles. The summed E-state index contributed by atoms with van der Waals surface area (Å²) in [5.74, 6) is 0.561. The molecule has 0 aliphatic heterocycles. The van der Waals surface area contributed by atoms with Crippen LogP contribution in [0.1, 0.15) is 11.3 Å². The van der Waals surface area contributed by atoms with Crippen LogP contribution in [0, 0.1) is 6.92 Å². The van der Waals surface area contributed by atoms with Gasteiger partial charge in [-0.15, -0.1) is 0 Å². The number of rotatable bonds is 6. The van der Waals surface area contributed by atoms with Crippen LogP contribution in [0.25, 0.3) is 11.4 Å². The zero-order valence-electron chi connectivity index (χ0n) is 16.7. The molecule has 4 rings (SSSR count). The molecule has 3 aromatic carbocycles. The van der Waals surface area contributed by atoms with E-state index in [1.54, 1.807) is 29.7 Å². The molecule has 0 atom stereocenters. The molecule has 0 radical (unpaired) electrons. The monoisotopic (exact) mass is 397 g/mol. The van der Waals surface area contributed by atoms with Gasteiger partial charge in [-0.3, -0.25) is 9.36 Å². The van der Waals surface area contributed by atoms with Crippen LogP contribution >= 0.6 is 0 Å². The van der Waals surface area contributed by atoms with Gasteiger partial charge in [0.2, 0.25) is 0 Å². The molecule has 4 aromatic rings. The highest BCUT2D eigenvalue weighted by Crippen LogP contribution is 2.28. The summed E-state index contributed by atoms with van der Waals surface area (Å²) in [6, 6.07) is 26.5. The molecule has 5 nitrogen and oxygen atoms in total. The van der Waals surface area contributed by atoms with E-state index in [4.69, 9.17) is 4.98 Å². The highest BCUT2D eigenvalue weighted by Gasteiger charge is 2.18. The smallest absolute Gasteiger partial charge is 0.277 e. The molecule has 2 N–H and O–H groups in total. The summed E-state index contributed by atoms with van der Waals surface area (Å²) in [5.41, 5.74) is 3.35. The third-order valence-corrected chi connectivity index (χ3v) is 5.01. The largest absolute Gasteiger partial charge is 0.507 e. The minimum absolute atomic E-state index is 0.0982. The molecule has 0 unspecified atom stereocenters. The molecule has 0 aliphatic carbocycles. The van der Waals surface area contributed by atoms with Gasteiger partial charge >= 0.3 is 0 Å². The van der Waals surface area contributed by atoms with E-state index in [0.717, 1.165) is 11.3 Å². The van der Waals surface area contributed by atoms with E-state index in [9.17, 15) is 9.90 Å². The number of aryl methyl sites for hydroxylation is 2. The van der Waals surface area contributed by atoms with Crippen LogP contribution in [-0.4, -0.2) is 14.7 Å². The Labute approximate surface area is 175 Å². The van der Waals surface area contributed by atoms with Crippen molar-refractivity contribution < 1.29 is 5.11 Å². The van der Waals surface area contributed by atoms with E-state index in [1.165, 1.54) is 0 Å². The first-order valence-corrected chi connectivity index (χ1v) is 9.89. The molecule has 0 bridgehead atoms. The number of hydrogen-bond donors (Lipinski definition) is 2. The Balaban J connectivity index is 1.81. The maximum Gasteiger partial charge on any atom is 0.277 e. The Morgan fingerprint density at radius 3 is 2.23 bits per heavy atom. The van der Waals surface area contributed by atoms with Gasteiger partial charge in [-0.05, 0) is 43.2 Å². The number of anilines is 2. The maximum atomic E-state index is 13.5. The topological polar surface area (TPSA) is 67.2 Å². The van der Waals surface area contributed by atoms with Crippen molar-refractivity contribution in [3.8, 4) is 17.1 Å². The highest BCUT2D eigenvalue weighted by atomic mass is 16.3. The second-order valence-corrected chi connectivity index (χ2v) is 7.10. The fourth-order valence-electron chi connectivity index (χ4n) is 3.43. The van der Waals surface area contributed by atoms with E-state index < -0.39 is 0 Å². The Morgan fingerprint density at radius 1 is 0.900 bits per heavy atom. The zero-order chi connectivity index (χ0) is 20.9. The van der Waals surface area contributed by atoms with Gasteiger partial charge in [0, 0.05) is 12.2 Å². The summed E-state index contributed by atoms with van der Waals surface area (Å²) >= 11 is 0. The number of aromatic hydroxyl groups is 1. The third-order valence-electron chi connectivity index (χ3n) is 5.01. The summed E-state index contributed by atoms with van der Waals surface area (Å²) < 4.78 is 1.64. The molecule has 30 heavy (non-hydrogen) atoms. The van der Waals surface area contributed by atoms with E-state index in [0.29, 0.717) is 35.7 Å². The number of para-hydroxylation sites is 2. The zero-order valence-corrected chi connectivity index (χ0v) is 16.7. The molecule has 0 aliphatic rings. The SMILES string of the molecule is Cc1nc(-c2ccccc2O)n(CCc2ccccc2)c(=O)c1Nc1ccccc1. The lowest BCUT2D eigenvalue weighted by atomic mass is 10.1. The van der Waals surface area contributed by atoms with Crippen molar-refractivity contribution in [3.05, 3.63) is 107 Å². The number of nitrogens with one attached hydrogen (secondary N) is 1. The summed E-state index contributed by atoms with van der Waals surface area (Å²) in [7, 11) is 0. The van der Waals surface area contributed by atoms with Crippen LogP contribution in [0.4, 0.5) is 11.4 Å². The van der Waals surface area contributed by atoms with E-state index in [2.05, 4.69) is 5.32 Å². The van der Waals surface area contributed by atoms with E-state index in [-0.39, 0.29) is 11.3 Å². The molecule has 0 saturated carbocycles. The normalized spacial score (nSPS) is 10.7. The van der Waals surface area contributed by atoms with Gasteiger partial charge < -0.3 is 10.4 Å². The van der Waals surface area contributed by atoms with Gasteiger partial charge in [-0.2, -0.15) is 0 Å². The summed E-state index contributed by atoms with van der Waals surface area (Å²) in [6.07, 6.45) is 0.677. The van der Waals surface area contributed by atoms with Gasteiger partial charge in [0.25, 0.3) is 5.56 Å². The molecular weight excluding hydrogens is 374 g/mol. The lowest BCUT2D eigenvalue weighted by Gasteiger charge is -2.17. The molecule has 0 fully saturated rings. The number of aromatic nitrogens is 2. The average Bonchev–Trinajstić information content (AvgIpc) is 2.77. The fourth-order valence-corrected chi connectivity index (χ4v) is 3.43. The molecule has 0 saturated heterocycles. The Hall–Kier alpha value is -3.86. The minimum atomic E-state index is -0.166. The molecule has 0 spiro atoms. The van der Waals surface area contributed by atoms with Gasteiger partial charge in [-0.25, -0.2) is 4.98 Å². The van der Waals surface area contributed by atoms with Crippen LogP contribution in [0.3, 0.4) is 0 Å². The first-order chi connectivity index (χ1) is 14.6. The minimum Gasteiger partial charge on any atom is -0.507 e. The third kappa shape index (κ3) is 4.10. The molecule has 0 amide bonds. The summed E-state index contributed by atoms with van der Waals surface area (Å²) in [5, 5.41) is 13.6. The Morgan fingerprint density at radius 2 is 1.53 bits per heavy atom. The number of hydrogen-bond acceptors (Lipinski definition) is 4. The predicted octanol–water partition coefficient (Wildman–Crippen LogP) is 4.91. The van der Waals surface area contributed by atoms with Crippen molar-refractivity contribution >= 4 is 11.4 Å². The second-order valence-electron chi connectivity index (χ2n) is 7.10. The van der Waals surface area contributed by atoms with Gasteiger partial charge in [0.15, 0.2) is 0 Å². The van der Waals surface area contributed by atoms with Crippen LogP contribution in [-0.2, 0) is 13.0 Å². The second kappa shape index (κ2) is 8.66. The van der Waals surface area contributed by atoms with Crippen LogP contribution < -0.4 is 10.9 Å². The Kier molecular flexibility index (Phi) is 5.61. The van der Waals surface area contributed by atoms with Gasteiger partial charge in [0.1, 0.15) is 17.3 Å². The fraction of sp³-hybridized carbons (Fsp3) is 0.120. The van der Waals surface area contributed by atoms with Crippen LogP contribution in [0.2, 0.25) is 0 Å². The van der Waals surface area contributed by atoms with E-state index in [1.807, 2.05) is 66.7 Å². The van der Waals surface area contributed by atoms with Crippen molar-refractivity contribution in [2.75, 3.05) is 5.32 Å². The quantitative estimate of drug-likeness (QED) is 0.485. The molecule has 5 heteroatoms. The summed E-state index contributed by atoms with van der Waals surface area (Å²) in [4.78, 5) is 18.2. The number of nitrogens with zero attached hydrogens (tertiary/aromatic N) is 2. The van der Waals surface area contributed by atoms with Crippen molar-refractivity contribution in [3.63, 3.8) is 0 Å². The molecule has 1 aromatic heterocycles. The van der Waals surface area contributed by atoms with Gasteiger partial charge in [-0.1, -0.05) is 60.7 Å². The van der Waals surface area contributed by atoms with Gasteiger partial charge in [0.05, 0.1) is 11.3 Å². The number of phenolic OH excluding ortho intramolecular Hbond substituents is 1. The number of phenols is 1. The Bertz CT molecular complexity index is 1200. The van der Waals surface area contributed by atoms with Crippen LogP contribution in [0.15, 0.2) is 89.7 Å². The highest BCUT2D eigenvalue weighted by molar-refractivity contribution is 5.67. The first-order valence-electron chi connectivity index (χ1n) is 9.89. The molecular formula is C25H23N3O2. The average molecular weight is 397 g/mol. The lowest BCUT2D eigenvalue weighted by Crippen LogP contribution is -2.27. The summed E-state index contributed by atoms with van der Waals surface area (Å²) in [6.45, 7) is 2.25. The van der Waals surface area contributed by atoms with Crippen LogP contribution in [0.5, 0.6) is 5.75 Å². The maximum absolute atomic E-state index is 13.5. The van der Waals surface area contributed by atoms with E-state index >= 15 is 0 Å². The molecule has 150 valence electrons. The predicted molar refractivity (Wildman–Crippen MR) is 120 cm³/mol. The first kappa shape index (κ1) is 19.5. The van der Waals surface area contributed by atoms with Crippen molar-refractivity contribution in [1.29, 1.82) is 0 Å². The lowest BCUT2D eigenvalue weighted by molar-refractivity contribution is 0.476. The van der Waals surface area contributed by atoms with Crippen molar-refractivity contribution in [2.45, 2.75) is 19.9 Å². The van der Waals surface area contributed by atoms with Crippen molar-refractivity contribution in [1.82, 2.24) is 9.55 Å². The van der Waals surface area contributed by atoms with Crippen molar-refractivity contribution in [2.24, 2.45) is 0 Å². The standard InChI is InChI=1S/C25H23N3O2/c1-18-23(27-20-12-6-3-7-13-20)25(30)28(17-16-19-10-4-2-5-11-19)24(26-18)21-14-8-9-15-22(21)29/h2-15,27,29H,16-17H2,1H3.